The molecule has 0 spiro atoms. The van der Waals surface area contributed by atoms with Gasteiger partial charge < -0.3 is 0 Å². The maximum Gasteiger partial charge on any atom is 0.258 e. The van der Waals surface area contributed by atoms with Crippen molar-refractivity contribution < 1.29 is 8.78 Å². The molecular weight excluding hydrogens is 138 g/mol. The highest BCUT2D eigenvalue weighted by Gasteiger charge is 2.14. The van der Waals surface area contributed by atoms with Crippen LogP contribution in [0.5, 0.6) is 0 Å². The van der Waals surface area contributed by atoms with Crippen LogP contribution in [0, 0.1) is 0 Å². The molecule has 60 valence electrons. The van der Waals surface area contributed by atoms with Crippen LogP contribution in [0.2, 0.25) is 0 Å². The van der Waals surface area contributed by atoms with Crippen LogP contribution in [0.4, 0.5) is 8.78 Å². The monoisotopic (exact) mass is 150 g/mol. The van der Waals surface area contributed by atoms with Gasteiger partial charge in [0.05, 0.1) is 0 Å². The highest BCUT2D eigenvalue weighted by molar-refractivity contribution is 5.01. The lowest BCUT2D eigenvalue weighted by Gasteiger charge is -2.09. The molecule has 0 bridgehead atoms. The number of hydrazine groups is 1. The normalized spacial score (nSPS) is 13.4. The number of hydrogen-bond acceptors (Lipinski definition) is 2. The molecule has 3 N–H and O–H groups in total. The van der Waals surface area contributed by atoms with Crippen LogP contribution in [0.3, 0.4) is 0 Å². The first kappa shape index (κ1) is 9.52. The average Bonchev–Trinajstić information content (AvgIpc) is 1.81. The smallest absolute Gasteiger partial charge is 0.258 e. The third-order valence-electron chi connectivity index (χ3n) is 0.977. The predicted molar refractivity (Wildman–Crippen MR) is 36.5 cm³/mol. The van der Waals surface area contributed by atoms with Crippen LogP contribution in [0.25, 0.3) is 0 Å². The van der Waals surface area contributed by atoms with Gasteiger partial charge in [-0.1, -0.05) is 11.6 Å². The zero-order valence-corrected chi connectivity index (χ0v) is 6.07. The molecule has 1 unspecified atom stereocenters. The lowest BCUT2D eigenvalue weighted by atomic mass is 10.2. The summed E-state index contributed by atoms with van der Waals surface area (Å²) in [6, 6.07) is -1.02. The molecule has 0 aliphatic heterocycles. The zero-order valence-electron chi connectivity index (χ0n) is 6.07. The van der Waals surface area contributed by atoms with Crippen LogP contribution in [-0.4, -0.2) is 12.5 Å². The van der Waals surface area contributed by atoms with Gasteiger partial charge in [0.15, 0.2) is 0 Å². The van der Waals surface area contributed by atoms with Crippen molar-refractivity contribution >= 4 is 0 Å². The van der Waals surface area contributed by atoms with Crippen LogP contribution >= 0.6 is 0 Å². The van der Waals surface area contributed by atoms with Crippen molar-refractivity contribution in [3.63, 3.8) is 0 Å². The van der Waals surface area contributed by atoms with E-state index in [1.807, 2.05) is 5.43 Å². The second-order valence-corrected chi connectivity index (χ2v) is 2.27. The number of hydrogen-bond donors (Lipinski definition) is 2. The van der Waals surface area contributed by atoms with Crippen LogP contribution in [0.1, 0.15) is 13.8 Å². The molecule has 0 saturated heterocycles. The van der Waals surface area contributed by atoms with Crippen molar-refractivity contribution in [2.24, 2.45) is 5.84 Å². The van der Waals surface area contributed by atoms with E-state index in [4.69, 9.17) is 5.84 Å². The third-order valence-corrected chi connectivity index (χ3v) is 0.977. The van der Waals surface area contributed by atoms with Crippen LogP contribution < -0.4 is 11.3 Å². The Hall–Kier alpha value is -0.480. The van der Waals surface area contributed by atoms with Crippen LogP contribution in [-0.2, 0) is 0 Å². The van der Waals surface area contributed by atoms with Gasteiger partial charge in [-0.3, -0.25) is 5.84 Å². The second kappa shape index (κ2) is 4.35. The molecule has 0 radical (unpaired) electrons. The van der Waals surface area contributed by atoms with Gasteiger partial charge in [0.2, 0.25) is 0 Å². The Morgan fingerprint density at radius 2 is 2.00 bits per heavy atom. The summed E-state index contributed by atoms with van der Waals surface area (Å²) in [5, 5.41) is 0. The number of allylic oxidation sites excluding steroid dienone is 1. The molecule has 0 aliphatic rings. The van der Waals surface area contributed by atoms with E-state index >= 15 is 0 Å². The van der Waals surface area contributed by atoms with E-state index in [0.717, 1.165) is 5.57 Å². The first-order valence-electron chi connectivity index (χ1n) is 2.97. The highest BCUT2D eigenvalue weighted by Crippen LogP contribution is 2.03. The molecule has 0 aromatic carbocycles. The summed E-state index contributed by atoms with van der Waals surface area (Å²) in [6.07, 6.45) is -1.05. The van der Waals surface area contributed by atoms with E-state index in [-0.39, 0.29) is 0 Å². The van der Waals surface area contributed by atoms with Crippen molar-refractivity contribution in [1.82, 2.24) is 5.43 Å². The molecule has 0 fully saturated rings. The summed E-state index contributed by atoms with van der Waals surface area (Å²) < 4.78 is 23.7. The molecule has 4 heteroatoms. The van der Waals surface area contributed by atoms with Gasteiger partial charge >= 0.3 is 0 Å². The number of halogens is 2. The number of rotatable bonds is 3. The fourth-order valence-electron chi connectivity index (χ4n) is 0.553. The Morgan fingerprint density at radius 1 is 1.50 bits per heavy atom. The van der Waals surface area contributed by atoms with Crippen LogP contribution in [0.15, 0.2) is 11.6 Å². The standard InChI is InChI=1S/C6H12F2N2/c1-4(2)3-5(10-9)6(7)8/h3,5-6,10H,9H2,1-2H3. The summed E-state index contributed by atoms with van der Waals surface area (Å²) in [6.45, 7) is 3.49. The largest absolute Gasteiger partial charge is 0.271 e. The van der Waals surface area contributed by atoms with Crippen molar-refractivity contribution in [3.8, 4) is 0 Å². The average molecular weight is 150 g/mol. The van der Waals surface area contributed by atoms with Gasteiger partial charge in [0, 0.05) is 0 Å². The fraction of sp³-hybridized carbons (Fsp3) is 0.667. The fourth-order valence-corrected chi connectivity index (χ4v) is 0.553. The topological polar surface area (TPSA) is 38.0 Å². The van der Waals surface area contributed by atoms with Crippen molar-refractivity contribution in [2.75, 3.05) is 0 Å². The number of nitrogens with one attached hydrogen (secondary N) is 1. The van der Waals surface area contributed by atoms with E-state index < -0.39 is 12.5 Å². The Kier molecular flexibility index (Phi) is 4.14. The summed E-state index contributed by atoms with van der Waals surface area (Å²) in [4.78, 5) is 0. The molecule has 0 aromatic heterocycles. The molecule has 0 aliphatic carbocycles. The molecular formula is C6H12F2N2. The minimum Gasteiger partial charge on any atom is -0.271 e. The van der Waals surface area contributed by atoms with Crippen molar-refractivity contribution in [2.45, 2.75) is 26.3 Å². The lowest BCUT2D eigenvalue weighted by Crippen LogP contribution is -2.39. The van der Waals surface area contributed by atoms with E-state index in [2.05, 4.69) is 0 Å². The van der Waals surface area contributed by atoms with Gasteiger partial charge in [0.25, 0.3) is 6.43 Å². The summed E-state index contributed by atoms with van der Waals surface area (Å²) in [7, 11) is 0. The van der Waals surface area contributed by atoms with Gasteiger partial charge in [-0.25, -0.2) is 14.2 Å². The van der Waals surface area contributed by atoms with E-state index in [1.165, 1.54) is 6.08 Å². The second-order valence-electron chi connectivity index (χ2n) is 2.27. The maximum atomic E-state index is 11.9. The Morgan fingerprint density at radius 3 is 2.10 bits per heavy atom. The molecule has 10 heavy (non-hydrogen) atoms. The van der Waals surface area contributed by atoms with E-state index in [9.17, 15) is 8.78 Å². The van der Waals surface area contributed by atoms with Gasteiger partial charge in [-0.2, -0.15) is 0 Å². The van der Waals surface area contributed by atoms with Gasteiger partial charge in [-0.05, 0) is 13.8 Å². The summed E-state index contributed by atoms with van der Waals surface area (Å²) >= 11 is 0. The van der Waals surface area contributed by atoms with Gasteiger partial charge in [-0.15, -0.1) is 0 Å². The van der Waals surface area contributed by atoms with Crippen molar-refractivity contribution in [1.29, 1.82) is 0 Å². The summed E-state index contributed by atoms with van der Waals surface area (Å²) in [5.41, 5.74) is 2.83. The lowest BCUT2D eigenvalue weighted by molar-refractivity contribution is 0.118. The molecule has 0 heterocycles. The third kappa shape index (κ3) is 3.53. The first-order chi connectivity index (χ1) is 4.57. The predicted octanol–water partition coefficient (Wildman–Crippen LogP) is 1.05. The molecule has 0 amide bonds. The molecule has 0 rings (SSSR count). The SMILES string of the molecule is CC(C)=CC(NN)C(F)F. The molecule has 1 atom stereocenters. The number of nitrogens with two attached hydrogens (primary N) is 1. The Bertz CT molecular complexity index is 119. The minimum absolute atomic E-state index is 0.822. The summed E-state index contributed by atoms with van der Waals surface area (Å²) in [5.74, 6) is 4.85. The Labute approximate surface area is 59.1 Å². The first-order valence-corrected chi connectivity index (χ1v) is 2.97. The minimum atomic E-state index is -2.44. The molecule has 0 saturated carbocycles. The van der Waals surface area contributed by atoms with Gasteiger partial charge in [0.1, 0.15) is 6.04 Å². The number of alkyl halides is 2. The zero-order chi connectivity index (χ0) is 8.15. The quantitative estimate of drug-likeness (QED) is 0.358. The van der Waals surface area contributed by atoms with E-state index in [1.54, 1.807) is 13.8 Å². The molecule has 0 aromatic rings. The van der Waals surface area contributed by atoms with E-state index in [0.29, 0.717) is 0 Å². The molecule has 2 nitrogen and oxygen atoms in total. The van der Waals surface area contributed by atoms with Crippen molar-refractivity contribution in [3.05, 3.63) is 11.6 Å². The maximum absolute atomic E-state index is 11.9. The highest BCUT2D eigenvalue weighted by atomic mass is 19.3. The Balaban J connectivity index is 3.96.